The van der Waals surface area contributed by atoms with Crippen LogP contribution < -0.4 is 0 Å². The van der Waals surface area contributed by atoms with Crippen molar-refractivity contribution in [3.8, 4) is 0 Å². The largest absolute Gasteiger partial charge is 0.481 e. The SMILES string of the molecule is CCCC/C=C\CCCCCCCCC(=O)OC(CCCCCCC)CCCCCC(=O)O. The number of unbranched alkanes of at least 4 members (excludes halogenated alkanes) is 14. The zero-order valence-corrected chi connectivity index (χ0v) is 22.0. The molecule has 1 atom stereocenters. The van der Waals surface area contributed by atoms with Crippen molar-refractivity contribution in [2.75, 3.05) is 0 Å². The third-order valence-electron chi connectivity index (χ3n) is 6.24. The summed E-state index contributed by atoms with van der Waals surface area (Å²) in [6.45, 7) is 4.45. The van der Waals surface area contributed by atoms with E-state index < -0.39 is 5.97 Å². The van der Waals surface area contributed by atoms with Gasteiger partial charge >= 0.3 is 11.9 Å². The number of carbonyl (C=O) groups is 2. The molecule has 0 heterocycles. The van der Waals surface area contributed by atoms with Crippen molar-refractivity contribution in [3.05, 3.63) is 12.2 Å². The predicted octanol–water partition coefficient (Wildman–Crippen LogP) is 9.16. The molecule has 0 fully saturated rings. The first-order valence-corrected chi connectivity index (χ1v) is 14.2. The summed E-state index contributed by atoms with van der Waals surface area (Å²) >= 11 is 0. The quantitative estimate of drug-likeness (QED) is 0.0827. The zero-order chi connectivity index (χ0) is 24.4. The summed E-state index contributed by atoms with van der Waals surface area (Å²) in [5.74, 6) is -0.774. The van der Waals surface area contributed by atoms with Gasteiger partial charge in [-0.25, -0.2) is 0 Å². The summed E-state index contributed by atoms with van der Waals surface area (Å²) in [5.41, 5.74) is 0. The highest BCUT2D eigenvalue weighted by Crippen LogP contribution is 2.17. The lowest BCUT2D eigenvalue weighted by Gasteiger charge is -2.18. The van der Waals surface area contributed by atoms with Crippen LogP contribution in [0.3, 0.4) is 0 Å². The minimum atomic E-state index is -0.729. The van der Waals surface area contributed by atoms with Crippen molar-refractivity contribution < 1.29 is 19.4 Å². The van der Waals surface area contributed by atoms with E-state index in [1.165, 1.54) is 77.0 Å². The lowest BCUT2D eigenvalue weighted by molar-refractivity contribution is -0.150. The molecule has 33 heavy (non-hydrogen) atoms. The Morgan fingerprint density at radius 2 is 1.12 bits per heavy atom. The average Bonchev–Trinajstić information content (AvgIpc) is 2.79. The fourth-order valence-electron chi connectivity index (χ4n) is 4.10. The number of hydrogen-bond donors (Lipinski definition) is 1. The number of esters is 1. The van der Waals surface area contributed by atoms with Crippen LogP contribution in [0.25, 0.3) is 0 Å². The van der Waals surface area contributed by atoms with Gasteiger partial charge in [0.15, 0.2) is 0 Å². The third kappa shape index (κ3) is 25.1. The van der Waals surface area contributed by atoms with Crippen LogP contribution in [0.5, 0.6) is 0 Å². The van der Waals surface area contributed by atoms with Crippen LogP contribution in [0.4, 0.5) is 0 Å². The fraction of sp³-hybridized carbons (Fsp3) is 0.862. The van der Waals surface area contributed by atoms with Crippen LogP contribution in [-0.2, 0) is 14.3 Å². The summed E-state index contributed by atoms with van der Waals surface area (Å²) < 4.78 is 5.82. The molecule has 0 bridgehead atoms. The van der Waals surface area contributed by atoms with Gasteiger partial charge in [-0.15, -0.1) is 0 Å². The normalized spacial score (nSPS) is 12.3. The highest BCUT2D eigenvalue weighted by atomic mass is 16.5. The van der Waals surface area contributed by atoms with Gasteiger partial charge in [0, 0.05) is 12.8 Å². The number of hydrogen-bond acceptors (Lipinski definition) is 3. The van der Waals surface area contributed by atoms with Crippen molar-refractivity contribution >= 4 is 11.9 Å². The highest BCUT2D eigenvalue weighted by Gasteiger charge is 2.14. The van der Waals surface area contributed by atoms with E-state index in [0.717, 1.165) is 44.9 Å². The Kier molecular flexibility index (Phi) is 24.3. The molecule has 0 saturated heterocycles. The predicted molar refractivity (Wildman–Crippen MR) is 140 cm³/mol. The van der Waals surface area contributed by atoms with Crippen molar-refractivity contribution in [1.29, 1.82) is 0 Å². The molecule has 4 heteroatoms. The van der Waals surface area contributed by atoms with Crippen molar-refractivity contribution in [3.63, 3.8) is 0 Å². The molecule has 194 valence electrons. The fourth-order valence-corrected chi connectivity index (χ4v) is 4.10. The average molecular weight is 467 g/mol. The molecule has 0 aromatic heterocycles. The van der Waals surface area contributed by atoms with E-state index in [1.54, 1.807) is 0 Å². The Labute approximate surface area is 204 Å². The molecule has 0 radical (unpaired) electrons. The molecule has 0 aromatic carbocycles. The molecule has 1 unspecified atom stereocenters. The van der Waals surface area contributed by atoms with Gasteiger partial charge in [-0.05, 0) is 57.8 Å². The molecule has 1 N–H and O–H groups in total. The van der Waals surface area contributed by atoms with Crippen LogP contribution >= 0.6 is 0 Å². The van der Waals surface area contributed by atoms with Gasteiger partial charge in [-0.1, -0.05) is 96.6 Å². The Hall–Kier alpha value is -1.32. The first-order chi connectivity index (χ1) is 16.1. The van der Waals surface area contributed by atoms with Gasteiger partial charge in [0.05, 0.1) is 0 Å². The second-order valence-corrected chi connectivity index (χ2v) is 9.58. The van der Waals surface area contributed by atoms with Gasteiger partial charge in [-0.3, -0.25) is 9.59 Å². The third-order valence-corrected chi connectivity index (χ3v) is 6.24. The van der Waals surface area contributed by atoms with Crippen LogP contribution in [0.2, 0.25) is 0 Å². The zero-order valence-electron chi connectivity index (χ0n) is 22.0. The Morgan fingerprint density at radius 3 is 1.76 bits per heavy atom. The number of carbonyl (C=O) groups excluding carboxylic acids is 1. The van der Waals surface area contributed by atoms with Gasteiger partial charge in [0.2, 0.25) is 0 Å². The highest BCUT2D eigenvalue weighted by molar-refractivity contribution is 5.69. The number of ether oxygens (including phenoxy) is 1. The second-order valence-electron chi connectivity index (χ2n) is 9.58. The van der Waals surface area contributed by atoms with Gasteiger partial charge in [-0.2, -0.15) is 0 Å². The molecular weight excluding hydrogens is 412 g/mol. The molecule has 0 rings (SSSR count). The molecule has 0 amide bonds. The first kappa shape index (κ1) is 31.7. The lowest BCUT2D eigenvalue weighted by Crippen LogP contribution is -2.18. The summed E-state index contributed by atoms with van der Waals surface area (Å²) in [7, 11) is 0. The number of carboxylic acid groups (broad SMARTS) is 1. The minimum absolute atomic E-state index is 0.00864. The standard InChI is InChI=1S/C29H54O4/c1-3-5-7-9-10-11-12-13-14-15-17-22-26-29(32)33-27(23-19-16-8-6-4-2)24-20-18-21-25-28(30)31/h9-10,27H,3-8,11-26H2,1-2H3,(H,30,31)/b10-9-. The summed E-state index contributed by atoms with van der Waals surface area (Å²) in [6, 6.07) is 0. The van der Waals surface area contributed by atoms with Gasteiger partial charge < -0.3 is 9.84 Å². The Balaban J connectivity index is 3.90. The number of aliphatic carboxylic acids is 1. The number of rotatable bonds is 25. The minimum Gasteiger partial charge on any atom is -0.481 e. The van der Waals surface area contributed by atoms with E-state index in [0.29, 0.717) is 12.8 Å². The first-order valence-electron chi connectivity index (χ1n) is 14.2. The van der Waals surface area contributed by atoms with E-state index in [4.69, 9.17) is 9.84 Å². The summed E-state index contributed by atoms with van der Waals surface area (Å²) in [6.07, 6.45) is 27.9. The van der Waals surface area contributed by atoms with Crippen LogP contribution in [0.15, 0.2) is 12.2 Å². The maximum atomic E-state index is 12.3. The molecule has 0 aromatic rings. The molecular formula is C29H54O4. The van der Waals surface area contributed by atoms with Crippen molar-refractivity contribution in [2.24, 2.45) is 0 Å². The van der Waals surface area contributed by atoms with Crippen LogP contribution in [0, 0.1) is 0 Å². The molecule has 0 aliphatic rings. The molecule has 0 spiro atoms. The van der Waals surface area contributed by atoms with Gasteiger partial charge in [0.25, 0.3) is 0 Å². The van der Waals surface area contributed by atoms with Crippen molar-refractivity contribution in [1.82, 2.24) is 0 Å². The maximum absolute atomic E-state index is 12.3. The lowest BCUT2D eigenvalue weighted by atomic mass is 10.0. The maximum Gasteiger partial charge on any atom is 0.306 e. The van der Waals surface area contributed by atoms with E-state index in [2.05, 4.69) is 26.0 Å². The molecule has 0 saturated carbocycles. The van der Waals surface area contributed by atoms with Gasteiger partial charge in [0.1, 0.15) is 6.10 Å². The smallest absolute Gasteiger partial charge is 0.306 e. The number of carboxylic acids is 1. The Bertz CT molecular complexity index is 472. The molecule has 4 nitrogen and oxygen atoms in total. The van der Waals surface area contributed by atoms with E-state index in [-0.39, 0.29) is 18.5 Å². The molecule has 0 aliphatic carbocycles. The van der Waals surface area contributed by atoms with Crippen molar-refractivity contribution in [2.45, 2.75) is 161 Å². The summed E-state index contributed by atoms with van der Waals surface area (Å²) in [5, 5.41) is 8.77. The van der Waals surface area contributed by atoms with E-state index >= 15 is 0 Å². The monoisotopic (exact) mass is 466 g/mol. The van der Waals surface area contributed by atoms with Crippen LogP contribution in [0.1, 0.15) is 155 Å². The van der Waals surface area contributed by atoms with E-state index in [9.17, 15) is 9.59 Å². The number of allylic oxidation sites excluding steroid dienone is 2. The second kappa shape index (κ2) is 25.3. The van der Waals surface area contributed by atoms with Crippen LogP contribution in [-0.4, -0.2) is 23.1 Å². The van der Waals surface area contributed by atoms with E-state index in [1.807, 2.05) is 0 Å². The summed E-state index contributed by atoms with van der Waals surface area (Å²) in [4.78, 5) is 23.0. The topological polar surface area (TPSA) is 63.6 Å². The molecule has 0 aliphatic heterocycles. The Morgan fingerprint density at radius 1 is 0.636 bits per heavy atom.